The Morgan fingerprint density at radius 1 is 0.872 bits per heavy atom. The number of nitrogens with one attached hydrogen (secondary N) is 1. The number of imidazole rings is 1. The van der Waals surface area contributed by atoms with Crippen molar-refractivity contribution in [2.45, 2.75) is 46.3 Å². The first kappa shape index (κ1) is 31.2. The number of rotatable bonds is 12. The van der Waals surface area contributed by atoms with Crippen LogP contribution in [0.5, 0.6) is 0 Å². The van der Waals surface area contributed by atoms with Crippen LogP contribution in [0.1, 0.15) is 69.3 Å². The number of hydrogen-bond acceptors (Lipinski definition) is 7. The lowest BCUT2D eigenvalue weighted by atomic mass is 9.98. The van der Waals surface area contributed by atoms with Crippen LogP contribution in [0.3, 0.4) is 0 Å². The van der Waals surface area contributed by atoms with Crippen molar-refractivity contribution in [1.82, 2.24) is 30.2 Å². The van der Waals surface area contributed by atoms with Crippen LogP contribution < -0.4 is 0 Å². The number of carbonyl (C=O) groups is 2. The Kier molecular flexibility index (Phi) is 9.38. The second-order valence-corrected chi connectivity index (χ2v) is 11.0. The summed E-state index contributed by atoms with van der Waals surface area (Å²) < 4.78 is 23.4. The van der Waals surface area contributed by atoms with Crippen molar-refractivity contribution < 1.29 is 18.7 Å². The molecule has 0 radical (unpaired) electrons. The Morgan fingerprint density at radius 2 is 1.62 bits per heavy atom. The minimum absolute atomic E-state index is 0.0917. The Morgan fingerprint density at radius 3 is 2.34 bits per heavy atom. The summed E-state index contributed by atoms with van der Waals surface area (Å²) >= 11 is 0. The number of H-pyrrole nitrogens is 1. The highest BCUT2D eigenvalue weighted by molar-refractivity contribution is 6.09. The molecule has 0 aliphatic rings. The molecule has 47 heavy (non-hydrogen) atoms. The molecular formula is C37H33FN6O3. The second kappa shape index (κ2) is 14.1. The maximum Gasteiger partial charge on any atom is 0.357 e. The van der Waals surface area contributed by atoms with Crippen LogP contribution in [-0.2, 0) is 30.7 Å². The molecule has 0 saturated carbocycles. The summed E-state index contributed by atoms with van der Waals surface area (Å²) in [5, 5.41) is 14.3. The summed E-state index contributed by atoms with van der Waals surface area (Å²) in [5.41, 5.74) is 5.01. The number of esters is 1. The molecule has 0 aliphatic heterocycles. The molecule has 0 amide bonds. The van der Waals surface area contributed by atoms with Crippen LogP contribution in [0.25, 0.3) is 22.5 Å². The molecule has 6 rings (SSSR count). The highest BCUT2D eigenvalue weighted by atomic mass is 19.1. The number of tetrazole rings is 1. The van der Waals surface area contributed by atoms with E-state index >= 15 is 4.39 Å². The van der Waals surface area contributed by atoms with Gasteiger partial charge in [-0.2, -0.15) is 5.21 Å². The maximum absolute atomic E-state index is 15.8. The third-order valence-electron chi connectivity index (χ3n) is 7.98. The molecule has 6 aromatic rings. The Balaban J connectivity index is 1.29. The monoisotopic (exact) mass is 628 g/mol. The standard InChI is InChI=1S/C37H33FN6O3/c1-3-12-33-39-32(4-2)34(37(46)47-23-27-15-8-9-17-29(27)35(45)24-13-6-5-7-14-24)44(33)22-26-20-19-25(21-31(26)38)28-16-10-11-18-30(28)36-40-42-43-41-36/h5-11,13-21H,3-4,12,22-23H2,1-2H3,(H,40,41,42,43). The van der Waals surface area contributed by atoms with Gasteiger partial charge in [-0.25, -0.2) is 14.2 Å². The first-order valence-corrected chi connectivity index (χ1v) is 15.5. The first-order chi connectivity index (χ1) is 23.0. The zero-order chi connectivity index (χ0) is 32.8. The minimum Gasteiger partial charge on any atom is -0.456 e. The maximum atomic E-state index is 15.8. The van der Waals surface area contributed by atoms with E-state index in [9.17, 15) is 9.59 Å². The van der Waals surface area contributed by atoms with E-state index in [1.807, 2.05) is 62.4 Å². The topological polar surface area (TPSA) is 116 Å². The van der Waals surface area contributed by atoms with E-state index in [1.165, 1.54) is 6.07 Å². The fraction of sp³-hybridized carbons (Fsp3) is 0.189. The molecular weight excluding hydrogens is 595 g/mol. The zero-order valence-electron chi connectivity index (χ0n) is 26.1. The van der Waals surface area contributed by atoms with E-state index in [1.54, 1.807) is 47.0 Å². The number of nitrogens with zero attached hydrogens (tertiary/aromatic N) is 5. The van der Waals surface area contributed by atoms with Crippen molar-refractivity contribution >= 4 is 11.8 Å². The predicted octanol–water partition coefficient (Wildman–Crippen LogP) is 7.02. The minimum atomic E-state index is -0.579. The van der Waals surface area contributed by atoms with Gasteiger partial charge in [-0.15, -0.1) is 10.2 Å². The van der Waals surface area contributed by atoms with Crippen molar-refractivity contribution in [2.75, 3.05) is 0 Å². The SMILES string of the molecule is CCCc1nc(CC)c(C(=O)OCc2ccccc2C(=O)c2ccccc2)n1Cc1ccc(-c2ccccc2-c2nn[nH]n2)cc1F. The first-order valence-electron chi connectivity index (χ1n) is 15.5. The molecule has 9 nitrogen and oxygen atoms in total. The number of carbonyl (C=O) groups excluding carboxylic acids is 2. The molecule has 1 N–H and O–H groups in total. The highest BCUT2D eigenvalue weighted by Crippen LogP contribution is 2.31. The van der Waals surface area contributed by atoms with Gasteiger partial charge in [-0.1, -0.05) is 105 Å². The Bertz CT molecular complexity index is 2020. The number of halogens is 1. The van der Waals surface area contributed by atoms with Crippen molar-refractivity contribution in [3.8, 4) is 22.5 Å². The summed E-state index contributed by atoms with van der Waals surface area (Å²) in [6, 6.07) is 28.6. The van der Waals surface area contributed by atoms with Gasteiger partial charge in [0, 0.05) is 34.2 Å². The largest absolute Gasteiger partial charge is 0.456 e. The van der Waals surface area contributed by atoms with Gasteiger partial charge >= 0.3 is 5.97 Å². The second-order valence-electron chi connectivity index (χ2n) is 11.0. The van der Waals surface area contributed by atoms with Crippen LogP contribution in [0.4, 0.5) is 4.39 Å². The molecule has 2 aromatic heterocycles. The van der Waals surface area contributed by atoms with Gasteiger partial charge in [0.25, 0.3) is 0 Å². The summed E-state index contributed by atoms with van der Waals surface area (Å²) in [4.78, 5) is 31.8. The van der Waals surface area contributed by atoms with Gasteiger partial charge in [0.15, 0.2) is 11.5 Å². The normalized spacial score (nSPS) is 11.0. The van der Waals surface area contributed by atoms with Gasteiger partial charge in [-0.3, -0.25) is 4.79 Å². The third kappa shape index (κ3) is 6.62. The third-order valence-corrected chi connectivity index (χ3v) is 7.98. The number of ketones is 1. The average molecular weight is 629 g/mol. The molecule has 0 fully saturated rings. The lowest BCUT2D eigenvalue weighted by Crippen LogP contribution is -2.17. The van der Waals surface area contributed by atoms with E-state index in [0.29, 0.717) is 58.0 Å². The summed E-state index contributed by atoms with van der Waals surface area (Å²) in [6.07, 6.45) is 1.88. The van der Waals surface area contributed by atoms with Crippen LogP contribution in [0.15, 0.2) is 97.1 Å². The van der Waals surface area contributed by atoms with E-state index in [2.05, 4.69) is 20.6 Å². The molecule has 236 valence electrons. The summed E-state index contributed by atoms with van der Waals surface area (Å²) in [6.45, 7) is 3.94. The Labute approximate surface area is 271 Å². The summed E-state index contributed by atoms with van der Waals surface area (Å²) in [5.74, 6) is -0.0606. The number of hydrogen-bond donors (Lipinski definition) is 1. The average Bonchev–Trinajstić information content (AvgIpc) is 3.77. The molecule has 10 heteroatoms. The van der Waals surface area contributed by atoms with Gasteiger partial charge in [0.05, 0.1) is 12.2 Å². The molecule has 0 bridgehead atoms. The van der Waals surface area contributed by atoms with E-state index in [0.717, 1.165) is 17.5 Å². The van der Waals surface area contributed by atoms with Crippen LogP contribution in [0, 0.1) is 5.82 Å². The molecule has 0 saturated heterocycles. The van der Waals surface area contributed by atoms with E-state index in [4.69, 9.17) is 9.72 Å². The number of benzene rings is 4. The highest BCUT2D eigenvalue weighted by Gasteiger charge is 2.25. The van der Waals surface area contributed by atoms with E-state index < -0.39 is 11.8 Å². The smallest absolute Gasteiger partial charge is 0.357 e. The molecule has 0 aliphatic carbocycles. The predicted molar refractivity (Wildman–Crippen MR) is 175 cm³/mol. The van der Waals surface area contributed by atoms with Crippen molar-refractivity contribution in [1.29, 1.82) is 0 Å². The van der Waals surface area contributed by atoms with Crippen LogP contribution >= 0.6 is 0 Å². The fourth-order valence-corrected chi connectivity index (χ4v) is 5.66. The van der Waals surface area contributed by atoms with Gasteiger partial charge in [0.1, 0.15) is 18.2 Å². The van der Waals surface area contributed by atoms with Gasteiger partial charge in [0.2, 0.25) is 5.82 Å². The number of aromatic nitrogens is 6. The fourth-order valence-electron chi connectivity index (χ4n) is 5.66. The van der Waals surface area contributed by atoms with Crippen molar-refractivity contribution in [2.24, 2.45) is 0 Å². The van der Waals surface area contributed by atoms with Gasteiger partial charge in [-0.05, 0) is 35.2 Å². The van der Waals surface area contributed by atoms with E-state index in [-0.39, 0.29) is 24.6 Å². The van der Waals surface area contributed by atoms with Crippen LogP contribution in [-0.4, -0.2) is 41.9 Å². The quantitative estimate of drug-likeness (QED) is 0.114. The van der Waals surface area contributed by atoms with Crippen LogP contribution in [0.2, 0.25) is 0 Å². The van der Waals surface area contributed by atoms with Gasteiger partial charge < -0.3 is 9.30 Å². The van der Waals surface area contributed by atoms with Crippen molar-refractivity contribution in [3.05, 3.63) is 142 Å². The molecule has 0 spiro atoms. The van der Waals surface area contributed by atoms with Crippen molar-refractivity contribution in [3.63, 3.8) is 0 Å². The lowest BCUT2D eigenvalue weighted by molar-refractivity contribution is 0.0456. The summed E-state index contributed by atoms with van der Waals surface area (Å²) in [7, 11) is 0. The zero-order valence-corrected chi connectivity index (χ0v) is 26.1. The Hall–Kier alpha value is -5.77. The number of aryl methyl sites for hydroxylation is 2. The lowest BCUT2D eigenvalue weighted by Gasteiger charge is -2.15. The molecule has 4 aromatic carbocycles. The molecule has 2 heterocycles. The number of ether oxygens (including phenoxy) is 1. The molecule has 0 unspecified atom stereocenters. The number of aromatic amines is 1. The molecule has 0 atom stereocenters.